The summed E-state index contributed by atoms with van der Waals surface area (Å²) < 4.78 is 31.3. The summed E-state index contributed by atoms with van der Waals surface area (Å²) in [6.45, 7) is 0. The molecular weight excluding hydrogens is 206 g/mol. The molecule has 0 N–H and O–H groups in total. The number of fused-ring (bicyclic) bond motifs is 3. The van der Waals surface area contributed by atoms with Crippen molar-refractivity contribution in [2.24, 2.45) is 0 Å². The van der Waals surface area contributed by atoms with E-state index in [1.807, 2.05) is 18.2 Å². The summed E-state index contributed by atoms with van der Waals surface area (Å²) >= 11 is 0. The monoisotopic (exact) mass is 213 g/mol. The van der Waals surface area contributed by atoms with Gasteiger partial charge >= 0.3 is 10.4 Å². The van der Waals surface area contributed by atoms with E-state index in [1.165, 1.54) is 5.06 Å². The van der Waals surface area contributed by atoms with Crippen molar-refractivity contribution in [2.75, 3.05) is 5.06 Å². The van der Waals surface area contributed by atoms with Crippen LogP contribution in [0.15, 0.2) is 24.3 Å². The van der Waals surface area contributed by atoms with Crippen molar-refractivity contribution in [1.29, 1.82) is 0 Å². The lowest BCUT2D eigenvalue weighted by Gasteiger charge is -2.10. The fourth-order valence-electron chi connectivity index (χ4n) is 1.74. The third-order valence-corrected chi connectivity index (χ3v) is 3.09. The molecule has 1 fully saturated rings. The van der Waals surface area contributed by atoms with Crippen LogP contribution >= 0.6 is 0 Å². The molecule has 1 aromatic rings. The fraction of sp³-hybridized carbons (Fsp3) is 0.250. The van der Waals surface area contributed by atoms with E-state index >= 15 is 0 Å². The first-order valence-corrected chi connectivity index (χ1v) is 5.49. The Bertz CT molecular complexity index is 484. The van der Waals surface area contributed by atoms with Crippen molar-refractivity contribution < 1.29 is 16.9 Å². The topological polar surface area (TPSA) is 55.8 Å². The summed E-state index contributed by atoms with van der Waals surface area (Å²) in [4.78, 5) is 0. The molecule has 1 aromatic carbocycles. The number of hydrogen-bond donors (Lipinski definition) is 0. The Balaban J connectivity index is 2.08. The van der Waals surface area contributed by atoms with Gasteiger partial charge in [-0.25, -0.2) is 9.25 Å². The van der Waals surface area contributed by atoms with Gasteiger partial charge in [-0.1, -0.05) is 18.2 Å². The number of anilines is 1. The van der Waals surface area contributed by atoms with Gasteiger partial charge in [0.25, 0.3) is 0 Å². The second kappa shape index (κ2) is 2.47. The van der Waals surface area contributed by atoms with Crippen LogP contribution in [0, 0.1) is 0 Å². The normalized spacial score (nSPS) is 27.4. The highest BCUT2D eigenvalue weighted by atomic mass is 32.3. The Morgan fingerprint density at radius 2 is 2.14 bits per heavy atom. The molecule has 0 saturated carbocycles. The van der Waals surface area contributed by atoms with Crippen LogP contribution in [0.2, 0.25) is 0 Å². The maximum Gasteiger partial charge on any atom is 0.423 e. The molecule has 3 rings (SSSR count). The molecule has 0 aliphatic carbocycles. The summed E-state index contributed by atoms with van der Waals surface area (Å²) in [6, 6.07) is 7.46. The van der Waals surface area contributed by atoms with E-state index < -0.39 is 16.6 Å². The average Bonchev–Trinajstić information content (AvgIpc) is 2.56. The van der Waals surface area contributed by atoms with Crippen LogP contribution in [-0.2, 0) is 25.3 Å². The van der Waals surface area contributed by atoms with E-state index in [4.69, 9.17) is 4.18 Å². The van der Waals surface area contributed by atoms with Gasteiger partial charge in [0.2, 0.25) is 0 Å². The van der Waals surface area contributed by atoms with Gasteiger partial charge < -0.3 is 0 Å². The summed E-state index contributed by atoms with van der Waals surface area (Å²) in [5.41, 5.74) is 1.80. The smallest absolute Gasteiger partial charge is 0.219 e. The predicted molar refractivity (Wildman–Crippen MR) is 47.5 cm³/mol. The van der Waals surface area contributed by atoms with Gasteiger partial charge in [-0.2, -0.15) is 8.42 Å². The highest BCUT2D eigenvalue weighted by Crippen LogP contribution is 2.37. The van der Waals surface area contributed by atoms with Crippen LogP contribution in [0.5, 0.6) is 0 Å². The molecule has 1 saturated heterocycles. The standard InChI is InChI=1S/C8H7NO4S/c10-14(11)12-8-5-6-3-1-2-4-7(6)9(8)13-14/h1-4,8H,5H2. The number of rotatable bonds is 0. The lowest BCUT2D eigenvalue weighted by molar-refractivity contribution is 0.224. The molecule has 0 aromatic heterocycles. The molecular formula is C8H7NO4S. The van der Waals surface area contributed by atoms with Gasteiger partial charge in [-0.05, 0) is 11.6 Å². The van der Waals surface area contributed by atoms with Crippen molar-refractivity contribution in [3.63, 3.8) is 0 Å². The Kier molecular flexibility index (Phi) is 1.45. The summed E-state index contributed by atoms with van der Waals surface area (Å²) in [7, 11) is -3.82. The van der Waals surface area contributed by atoms with E-state index in [1.54, 1.807) is 6.07 Å². The zero-order valence-corrected chi connectivity index (χ0v) is 7.90. The Hall–Kier alpha value is -1.11. The Labute approximate surface area is 81.1 Å². The van der Waals surface area contributed by atoms with Crippen molar-refractivity contribution in [1.82, 2.24) is 0 Å². The second-order valence-electron chi connectivity index (χ2n) is 3.19. The zero-order valence-electron chi connectivity index (χ0n) is 7.08. The molecule has 0 radical (unpaired) electrons. The highest BCUT2D eigenvalue weighted by molar-refractivity contribution is 7.82. The van der Waals surface area contributed by atoms with E-state index in [0.29, 0.717) is 6.42 Å². The molecule has 2 heterocycles. The second-order valence-corrected chi connectivity index (χ2v) is 4.35. The Morgan fingerprint density at radius 3 is 3.00 bits per heavy atom. The molecule has 1 atom stereocenters. The van der Waals surface area contributed by atoms with Crippen molar-refractivity contribution in [2.45, 2.75) is 12.6 Å². The lowest BCUT2D eigenvalue weighted by atomic mass is 10.2. The van der Waals surface area contributed by atoms with E-state index in [-0.39, 0.29) is 0 Å². The number of para-hydroxylation sites is 1. The van der Waals surface area contributed by atoms with Gasteiger partial charge in [0, 0.05) is 6.42 Å². The van der Waals surface area contributed by atoms with Crippen LogP contribution in [0.25, 0.3) is 0 Å². The molecule has 1 unspecified atom stereocenters. The fourth-order valence-corrected chi connectivity index (χ4v) is 2.56. The van der Waals surface area contributed by atoms with Gasteiger partial charge in [0.15, 0.2) is 6.23 Å². The van der Waals surface area contributed by atoms with E-state index in [2.05, 4.69) is 4.28 Å². The molecule has 2 aliphatic heterocycles. The first-order chi connectivity index (χ1) is 6.66. The maximum absolute atomic E-state index is 11.0. The third kappa shape index (κ3) is 1.05. The minimum absolute atomic E-state index is 0.530. The van der Waals surface area contributed by atoms with Crippen molar-refractivity contribution in [3.8, 4) is 0 Å². The number of benzene rings is 1. The lowest BCUT2D eigenvalue weighted by Crippen LogP contribution is -2.23. The maximum atomic E-state index is 11.0. The molecule has 2 aliphatic rings. The highest BCUT2D eigenvalue weighted by Gasteiger charge is 2.43. The predicted octanol–water partition coefficient (Wildman–Crippen LogP) is 0.582. The van der Waals surface area contributed by atoms with Gasteiger partial charge in [-0.3, -0.25) is 0 Å². The van der Waals surface area contributed by atoms with Crippen molar-refractivity contribution >= 4 is 16.1 Å². The number of hydroxylamine groups is 1. The third-order valence-electron chi connectivity index (χ3n) is 2.29. The zero-order chi connectivity index (χ0) is 9.76. The minimum atomic E-state index is -3.82. The van der Waals surface area contributed by atoms with Gasteiger partial charge in [-0.15, -0.1) is 4.28 Å². The van der Waals surface area contributed by atoms with Crippen LogP contribution in [0.4, 0.5) is 5.69 Å². The summed E-state index contributed by atoms with van der Waals surface area (Å²) in [5.74, 6) is 0. The van der Waals surface area contributed by atoms with E-state index in [0.717, 1.165) is 11.3 Å². The molecule has 0 spiro atoms. The average molecular weight is 213 g/mol. The molecule has 14 heavy (non-hydrogen) atoms. The number of hydrogen-bond acceptors (Lipinski definition) is 5. The molecule has 0 amide bonds. The van der Waals surface area contributed by atoms with Crippen LogP contribution in [0.1, 0.15) is 5.56 Å². The molecule has 0 bridgehead atoms. The SMILES string of the molecule is O=S1(=O)OC2Cc3ccccc3N2O1. The molecule has 6 heteroatoms. The van der Waals surface area contributed by atoms with Crippen LogP contribution < -0.4 is 5.06 Å². The largest absolute Gasteiger partial charge is 0.423 e. The van der Waals surface area contributed by atoms with Gasteiger partial charge in [0.1, 0.15) is 0 Å². The first kappa shape index (κ1) is 8.22. The quantitative estimate of drug-likeness (QED) is 0.631. The minimum Gasteiger partial charge on any atom is -0.219 e. The molecule has 5 nitrogen and oxygen atoms in total. The number of nitrogens with zero attached hydrogens (tertiary/aromatic N) is 1. The van der Waals surface area contributed by atoms with E-state index in [9.17, 15) is 8.42 Å². The molecule has 74 valence electrons. The van der Waals surface area contributed by atoms with Crippen LogP contribution in [0.3, 0.4) is 0 Å². The van der Waals surface area contributed by atoms with Crippen LogP contribution in [-0.4, -0.2) is 14.6 Å². The summed E-state index contributed by atoms with van der Waals surface area (Å²) in [5, 5.41) is 1.30. The Morgan fingerprint density at radius 1 is 1.36 bits per heavy atom. The first-order valence-electron chi connectivity index (χ1n) is 4.16. The summed E-state index contributed by atoms with van der Waals surface area (Å²) in [6.07, 6.45) is 0.00692. The van der Waals surface area contributed by atoms with Crippen molar-refractivity contribution in [3.05, 3.63) is 29.8 Å². The van der Waals surface area contributed by atoms with Gasteiger partial charge in [0.05, 0.1) is 5.69 Å².